The monoisotopic (exact) mass is 205 g/mol. The van der Waals surface area contributed by atoms with Crippen molar-refractivity contribution in [3.8, 4) is 11.5 Å². The Kier molecular flexibility index (Phi) is 1.97. The van der Waals surface area contributed by atoms with Gasteiger partial charge in [-0.2, -0.15) is 0 Å². The summed E-state index contributed by atoms with van der Waals surface area (Å²) in [5.41, 5.74) is 1.12. The number of fused-ring (bicyclic) bond motifs is 1. The third-order valence-electron chi connectivity index (χ3n) is 3.10. The highest BCUT2D eigenvalue weighted by Gasteiger charge is 2.28. The van der Waals surface area contributed by atoms with E-state index in [0.29, 0.717) is 12.8 Å². The van der Waals surface area contributed by atoms with Gasteiger partial charge in [-0.15, -0.1) is 0 Å². The van der Waals surface area contributed by atoms with E-state index in [0.717, 1.165) is 23.1 Å². The zero-order valence-corrected chi connectivity index (χ0v) is 8.82. The summed E-state index contributed by atoms with van der Waals surface area (Å²) in [6, 6.07) is 6.59. The fraction of sp³-hybridized carbons (Fsp3) is 0.500. The molecule has 1 fully saturated rings. The van der Waals surface area contributed by atoms with Crippen LogP contribution >= 0.6 is 0 Å². The largest absolute Gasteiger partial charge is 0.454 e. The van der Waals surface area contributed by atoms with Crippen LogP contribution in [0.15, 0.2) is 18.2 Å². The predicted octanol–water partition coefficient (Wildman–Crippen LogP) is 2.63. The van der Waals surface area contributed by atoms with E-state index in [9.17, 15) is 0 Å². The van der Waals surface area contributed by atoms with Crippen molar-refractivity contribution in [1.29, 1.82) is 0 Å². The summed E-state index contributed by atoms with van der Waals surface area (Å²) < 4.78 is 10.6. The van der Waals surface area contributed by atoms with Gasteiger partial charge in [-0.25, -0.2) is 0 Å². The summed E-state index contributed by atoms with van der Waals surface area (Å²) in [6.07, 6.45) is 2.72. The molecule has 3 nitrogen and oxygen atoms in total. The van der Waals surface area contributed by atoms with Crippen LogP contribution in [0.5, 0.6) is 11.5 Å². The van der Waals surface area contributed by atoms with Crippen molar-refractivity contribution in [2.45, 2.75) is 25.8 Å². The third-order valence-corrected chi connectivity index (χ3v) is 3.10. The Hall–Kier alpha value is -1.38. The molecule has 80 valence electrons. The molecule has 1 aromatic rings. The molecule has 2 aliphatic rings. The summed E-state index contributed by atoms with van der Waals surface area (Å²) in [5, 5.41) is 3.50. The molecule has 0 radical (unpaired) electrons. The summed E-state index contributed by atoms with van der Waals surface area (Å²) >= 11 is 0. The SMILES string of the molecule is CC(Nc1ccc2c(c1)OCO2)C1CC1. The van der Waals surface area contributed by atoms with Gasteiger partial charge in [0.1, 0.15) is 0 Å². The maximum Gasteiger partial charge on any atom is 0.231 e. The molecule has 0 aromatic heterocycles. The quantitative estimate of drug-likeness (QED) is 0.822. The van der Waals surface area contributed by atoms with E-state index in [1.54, 1.807) is 0 Å². The lowest BCUT2D eigenvalue weighted by Crippen LogP contribution is -2.16. The number of ether oxygens (including phenoxy) is 2. The van der Waals surface area contributed by atoms with Gasteiger partial charge >= 0.3 is 0 Å². The Morgan fingerprint density at radius 3 is 2.87 bits per heavy atom. The van der Waals surface area contributed by atoms with Crippen molar-refractivity contribution < 1.29 is 9.47 Å². The molecule has 3 heteroatoms. The second kappa shape index (κ2) is 3.33. The van der Waals surface area contributed by atoms with Gasteiger partial charge in [-0.3, -0.25) is 0 Å². The molecule has 0 bridgehead atoms. The van der Waals surface area contributed by atoms with Gasteiger partial charge in [0, 0.05) is 17.8 Å². The summed E-state index contributed by atoms with van der Waals surface area (Å²) in [4.78, 5) is 0. The van der Waals surface area contributed by atoms with E-state index in [4.69, 9.17) is 9.47 Å². The molecule has 0 amide bonds. The number of rotatable bonds is 3. The third kappa shape index (κ3) is 1.74. The number of anilines is 1. The van der Waals surface area contributed by atoms with Gasteiger partial charge in [0.25, 0.3) is 0 Å². The minimum atomic E-state index is 0.344. The van der Waals surface area contributed by atoms with Gasteiger partial charge in [0.05, 0.1) is 0 Å². The van der Waals surface area contributed by atoms with Crippen LogP contribution in [0.3, 0.4) is 0 Å². The topological polar surface area (TPSA) is 30.5 Å². The molecule has 3 rings (SSSR count). The summed E-state index contributed by atoms with van der Waals surface area (Å²) in [6.45, 7) is 2.58. The maximum atomic E-state index is 5.33. The highest BCUT2D eigenvalue weighted by molar-refractivity contribution is 5.56. The molecular formula is C12H15NO2. The maximum absolute atomic E-state index is 5.33. The lowest BCUT2D eigenvalue weighted by molar-refractivity contribution is 0.174. The lowest BCUT2D eigenvalue weighted by Gasteiger charge is -2.14. The molecule has 0 saturated heterocycles. The van der Waals surface area contributed by atoms with Crippen LogP contribution in [0.4, 0.5) is 5.69 Å². The first kappa shape index (κ1) is 8.89. The summed E-state index contributed by atoms with van der Waals surface area (Å²) in [5.74, 6) is 2.55. The van der Waals surface area contributed by atoms with E-state index in [-0.39, 0.29) is 0 Å². The van der Waals surface area contributed by atoms with Gasteiger partial charge < -0.3 is 14.8 Å². The Morgan fingerprint density at radius 2 is 2.07 bits per heavy atom. The second-order valence-corrected chi connectivity index (χ2v) is 4.34. The number of hydrogen-bond acceptors (Lipinski definition) is 3. The average Bonchev–Trinajstić information content (AvgIpc) is 2.98. The van der Waals surface area contributed by atoms with Gasteiger partial charge in [0.2, 0.25) is 6.79 Å². The van der Waals surface area contributed by atoms with Gasteiger partial charge in [-0.1, -0.05) is 0 Å². The molecule has 0 spiro atoms. The van der Waals surface area contributed by atoms with Crippen molar-refractivity contribution in [2.75, 3.05) is 12.1 Å². The predicted molar refractivity (Wildman–Crippen MR) is 58.4 cm³/mol. The molecular weight excluding hydrogens is 190 g/mol. The number of hydrogen-bond donors (Lipinski definition) is 1. The van der Waals surface area contributed by atoms with Crippen LogP contribution in [-0.2, 0) is 0 Å². The van der Waals surface area contributed by atoms with Crippen LogP contribution in [0, 0.1) is 5.92 Å². The van der Waals surface area contributed by atoms with E-state index in [2.05, 4.69) is 12.2 Å². The van der Waals surface area contributed by atoms with Crippen LogP contribution in [0.25, 0.3) is 0 Å². The van der Waals surface area contributed by atoms with Gasteiger partial charge in [0.15, 0.2) is 11.5 Å². The van der Waals surface area contributed by atoms with E-state index < -0.39 is 0 Å². The molecule has 1 unspecified atom stereocenters. The van der Waals surface area contributed by atoms with Crippen molar-refractivity contribution >= 4 is 5.69 Å². The smallest absolute Gasteiger partial charge is 0.231 e. The molecule has 1 aliphatic heterocycles. The van der Waals surface area contributed by atoms with Crippen LogP contribution in [0.1, 0.15) is 19.8 Å². The van der Waals surface area contributed by atoms with Gasteiger partial charge in [-0.05, 0) is 37.8 Å². The highest BCUT2D eigenvalue weighted by Crippen LogP contribution is 2.37. The van der Waals surface area contributed by atoms with Crippen LogP contribution < -0.4 is 14.8 Å². The molecule has 15 heavy (non-hydrogen) atoms. The van der Waals surface area contributed by atoms with E-state index in [1.807, 2.05) is 18.2 Å². The number of benzene rings is 1. The van der Waals surface area contributed by atoms with Crippen LogP contribution in [-0.4, -0.2) is 12.8 Å². The second-order valence-electron chi connectivity index (χ2n) is 4.34. The fourth-order valence-corrected chi connectivity index (χ4v) is 1.96. The zero-order chi connectivity index (χ0) is 10.3. The first-order valence-electron chi connectivity index (χ1n) is 5.49. The Balaban J connectivity index is 1.74. The molecule has 1 atom stereocenters. The van der Waals surface area contributed by atoms with E-state index >= 15 is 0 Å². The van der Waals surface area contributed by atoms with Crippen molar-refractivity contribution in [2.24, 2.45) is 5.92 Å². The molecule has 1 heterocycles. The molecule has 1 aliphatic carbocycles. The summed E-state index contributed by atoms with van der Waals surface area (Å²) in [7, 11) is 0. The standard InChI is InChI=1S/C12H15NO2/c1-8(9-2-3-9)13-10-4-5-11-12(6-10)15-7-14-11/h4-6,8-9,13H,2-3,7H2,1H3. The van der Waals surface area contributed by atoms with Crippen molar-refractivity contribution in [3.63, 3.8) is 0 Å². The first-order valence-corrected chi connectivity index (χ1v) is 5.49. The molecule has 1 saturated carbocycles. The highest BCUT2D eigenvalue weighted by atomic mass is 16.7. The first-order chi connectivity index (χ1) is 7.33. The normalized spacial score (nSPS) is 20.1. The average molecular weight is 205 g/mol. The van der Waals surface area contributed by atoms with E-state index in [1.165, 1.54) is 12.8 Å². The fourth-order valence-electron chi connectivity index (χ4n) is 1.96. The van der Waals surface area contributed by atoms with Crippen LogP contribution in [0.2, 0.25) is 0 Å². The Bertz CT molecular complexity index is 374. The Labute approximate surface area is 89.4 Å². The lowest BCUT2D eigenvalue weighted by atomic mass is 10.2. The minimum absolute atomic E-state index is 0.344. The minimum Gasteiger partial charge on any atom is -0.454 e. The molecule has 1 N–H and O–H groups in total. The zero-order valence-electron chi connectivity index (χ0n) is 8.82. The van der Waals surface area contributed by atoms with Crippen molar-refractivity contribution in [3.05, 3.63) is 18.2 Å². The molecule has 1 aromatic carbocycles. The number of nitrogens with one attached hydrogen (secondary N) is 1. The Morgan fingerprint density at radius 1 is 1.27 bits per heavy atom. The van der Waals surface area contributed by atoms with Crippen molar-refractivity contribution in [1.82, 2.24) is 0 Å².